The van der Waals surface area contributed by atoms with Gasteiger partial charge in [-0.05, 0) is 20.8 Å². The average Bonchev–Trinajstić information content (AvgIpc) is 2.44. The minimum absolute atomic E-state index is 0.255. The fourth-order valence-electron chi connectivity index (χ4n) is 1.36. The molecule has 0 aliphatic heterocycles. The number of carbonyl (C=O) groups is 1. The summed E-state index contributed by atoms with van der Waals surface area (Å²) in [5.41, 5.74) is -0.502. The zero-order valence-electron chi connectivity index (χ0n) is 13.4. The lowest BCUT2D eigenvalue weighted by molar-refractivity contribution is 0.0535. The summed E-state index contributed by atoms with van der Waals surface area (Å²) in [4.78, 5) is 19.5. The van der Waals surface area contributed by atoms with E-state index in [1.165, 1.54) is 0 Å². The maximum absolute atomic E-state index is 11.4. The summed E-state index contributed by atoms with van der Waals surface area (Å²) in [6.07, 6.45) is 1.76. The molecule has 1 aromatic rings. The molecule has 7 heteroatoms. The summed E-state index contributed by atoms with van der Waals surface area (Å²) in [5, 5.41) is 5.60. The number of nitrogens with one attached hydrogen (secondary N) is 2. The molecule has 1 heterocycles. The predicted octanol–water partition coefficient (Wildman–Crippen LogP) is 1.82. The first-order valence-corrected chi connectivity index (χ1v) is 6.94. The van der Waals surface area contributed by atoms with Crippen molar-refractivity contribution in [3.05, 3.63) is 12.3 Å². The zero-order valence-corrected chi connectivity index (χ0v) is 13.4. The summed E-state index contributed by atoms with van der Waals surface area (Å²) in [6, 6.07) is 1.67. The number of ether oxygens (including phenoxy) is 2. The van der Waals surface area contributed by atoms with Gasteiger partial charge in [0, 0.05) is 25.2 Å². The van der Waals surface area contributed by atoms with Crippen LogP contribution in [0.4, 0.5) is 10.7 Å². The van der Waals surface area contributed by atoms with Gasteiger partial charge in [0.15, 0.2) is 0 Å². The number of hydrogen-bond acceptors (Lipinski definition) is 6. The number of rotatable bonds is 5. The predicted molar refractivity (Wildman–Crippen MR) is 83.7 cm³/mol. The van der Waals surface area contributed by atoms with Crippen molar-refractivity contribution >= 4 is 12.0 Å². The molecule has 0 fully saturated rings. The highest BCUT2D eigenvalue weighted by Gasteiger charge is 2.14. The summed E-state index contributed by atoms with van der Waals surface area (Å²) in [7, 11) is 1.55. The van der Waals surface area contributed by atoms with Crippen LogP contribution < -0.4 is 15.4 Å². The fraction of sp³-hybridized carbons (Fsp3) is 0.533. The second-order valence-corrected chi connectivity index (χ2v) is 5.31. The van der Waals surface area contributed by atoms with E-state index in [1.807, 2.05) is 20.8 Å². The molecule has 0 saturated carbocycles. The van der Waals surface area contributed by atoms with Crippen LogP contribution in [0.25, 0.3) is 0 Å². The Kier molecular flexibility index (Phi) is 6.96. The summed E-state index contributed by atoms with van der Waals surface area (Å²) < 4.78 is 10.1. The molecule has 22 heavy (non-hydrogen) atoms. The van der Waals surface area contributed by atoms with Gasteiger partial charge in [0.05, 0.1) is 13.7 Å². The van der Waals surface area contributed by atoms with Crippen molar-refractivity contribution in [3.63, 3.8) is 0 Å². The van der Waals surface area contributed by atoms with Crippen LogP contribution in [0.1, 0.15) is 27.2 Å². The number of nitrogens with zero attached hydrogens (tertiary/aromatic N) is 2. The Morgan fingerprint density at radius 1 is 1.36 bits per heavy atom. The number of carbonyl (C=O) groups excluding carboxylic acids is 1. The third-order valence-electron chi connectivity index (χ3n) is 2.22. The molecule has 0 aromatic carbocycles. The van der Waals surface area contributed by atoms with Gasteiger partial charge in [0.1, 0.15) is 5.60 Å². The first kappa shape index (κ1) is 17.6. The maximum Gasteiger partial charge on any atom is 0.408 e. The van der Waals surface area contributed by atoms with Crippen LogP contribution in [-0.2, 0) is 4.74 Å². The Bertz CT molecular complexity index is 544. The van der Waals surface area contributed by atoms with Crippen molar-refractivity contribution in [2.24, 2.45) is 0 Å². The monoisotopic (exact) mass is 306 g/mol. The molecular weight excluding hydrogens is 284 g/mol. The van der Waals surface area contributed by atoms with Gasteiger partial charge in [-0.15, -0.1) is 0 Å². The Hall–Kier alpha value is -2.49. The molecule has 0 bridgehead atoms. The first-order valence-electron chi connectivity index (χ1n) is 6.94. The van der Waals surface area contributed by atoms with Crippen molar-refractivity contribution < 1.29 is 14.3 Å². The molecule has 0 atom stereocenters. The van der Waals surface area contributed by atoms with Gasteiger partial charge in [0.25, 0.3) is 0 Å². The molecule has 0 unspecified atom stereocenters. The molecule has 0 spiro atoms. The van der Waals surface area contributed by atoms with Crippen molar-refractivity contribution in [2.45, 2.75) is 32.8 Å². The zero-order chi connectivity index (χ0) is 16.4. The number of amides is 1. The highest BCUT2D eigenvalue weighted by Crippen LogP contribution is 2.07. The van der Waals surface area contributed by atoms with Gasteiger partial charge in [-0.25, -0.2) is 9.78 Å². The van der Waals surface area contributed by atoms with E-state index in [2.05, 4.69) is 32.4 Å². The van der Waals surface area contributed by atoms with Gasteiger partial charge in [-0.2, -0.15) is 4.98 Å². The van der Waals surface area contributed by atoms with Gasteiger partial charge < -0.3 is 20.1 Å². The number of aromatic nitrogens is 2. The minimum atomic E-state index is -0.502. The molecule has 1 aromatic heterocycles. The molecule has 7 nitrogen and oxygen atoms in total. The third kappa shape index (κ3) is 7.94. The van der Waals surface area contributed by atoms with Crippen LogP contribution in [0, 0.1) is 11.8 Å². The number of alkyl carbamates (subject to hydrolysis) is 1. The lowest BCUT2D eigenvalue weighted by atomic mass is 10.2. The summed E-state index contributed by atoms with van der Waals surface area (Å²) in [6.45, 7) is 6.29. The van der Waals surface area contributed by atoms with Gasteiger partial charge in [-0.3, -0.25) is 0 Å². The molecule has 1 rings (SSSR count). The van der Waals surface area contributed by atoms with Crippen LogP contribution in [0.3, 0.4) is 0 Å². The molecular formula is C15H22N4O3. The Labute approximate surface area is 130 Å². The van der Waals surface area contributed by atoms with Gasteiger partial charge in [-0.1, -0.05) is 11.8 Å². The average molecular weight is 306 g/mol. The van der Waals surface area contributed by atoms with Crippen LogP contribution >= 0.6 is 0 Å². The lowest BCUT2D eigenvalue weighted by Crippen LogP contribution is -2.32. The Morgan fingerprint density at radius 3 is 2.82 bits per heavy atom. The maximum atomic E-state index is 11.4. The van der Waals surface area contributed by atoms with Crippen LogP contribution in [-0.4, -0.2) is 41.9 Å². The SMILES string of the molecule is COc1ccnc(NCCC#CCNC(=O)OC(C)(C)C)n1. The molecule has 2 N–H and O–H groups in total. The molecule has 0 saturated heterocycles. The molecule has 120 valence electrons. The van der Waals surface area contributed by atoms with Crippen molar-refractivity contribution in [1.82, 2.24) is 15.3 Å². The number of hydrogen-bond donors (Lipinski definition) is 2. The first-order chi connectivity index (χ1) is 10.4. The van der Waals surface area contributed by atoms with E-state index >= 15 is 0 Å². The van der Waals surface area contributed by atoms with E-state index < -0.39 is 11.7 Å². The minimum Gasteiger partial charge on any atom is -0.481 e. The largest absolute Gasteiger partial charge is 0.481 e. The standard InChI is InChI=1S/C15H22N4O3/c1-15(2,3)22-14(20)18-10-7-5-6-9-16-13-17-11-8-12(19-13)21-4/h8,11H,6,9-10H2,1-4H3,(H,18,20)(H,16,17,19). The van der Waals surface area contributed by atoms with E-state index in [0.29, 0.717) is 24.8 Å². The summed E-state index contributed by atoms with van der Waals surface area (Å²) >= 11 is 0. The quantitative estimate of drug-likeness (QED) is 0.637. The van der Waals surface area contributed by atoms with E-state index in [-0.39, 0.29) is 6.54 Å². The van der Waals surface area contributed by atoms with Crippen molar-refractivity contribution in [3.8, 4) is 17.7 Å². The molecule has 0 aliphatic rings. The molecule has 1 amide bonds. The van der Waals surface area contributed by atoms with E-state index in [9.17, 15) is 4.79 Å². The number of methoxy groups -OCH3 is 1. The second kappa shape index (κ2) is 8.72. The fourth-order valence-corrected chi connectivity index (χ4v) is 1.36. The number of anilines is 1. The Morgan fingerprint density at radius 2 is 2.14 bits per heavy atom. The topological polar surface area (TPSA) is 85.4 Å². The third-order valence-corrected chi connectivity index (χ3v) is 2.22. The Balaban J connectivity index is 2.18. The highest BCUT2D eigenvalue weighted by molar-refractivity contribution is 5.67. The highest BCUT2D eigenvalue weighted by atomic mass is 16.6. The van der Waals surface area contributed by atoms with Gasteiger partial charge in [0.2, 0.25) is 11.8 Å². The lowest BCUT2D eigenvalue weighted by Gasteiger charge is -2.18. The molecule has 0 radical (unpaired) electrons. The van der Waals surface area contributed by atoms with E-state index in [4.69, 9.17) is 9.47 Å². The summed E-state index contributed by atoms with van der Waals surface area (Å²) in [5.74, 6) is 6.77. The van der Waals surface area contributed by atoms with Crippen LogP contribution in [0.2, 0.25) is 0 Å². The van der Waals surface area contributed by atoms with Crippen LogP contribution in [0.5, 0.6) is 5.88 Å². The van der Waals surface area contributed by atoms with E-state index in [0.717, 1.165) is 0 Å². The second-order valence-electron chi connectivity index (χ2n) is 5.31. The normalized spacial score (nSPS) is 10.2. The van der Waals surface area contributed by atoms with Crippen LogP contribution in [0.15, 0.2) is 12.3 Å². The van der Waals surface area contributed by atoms with Crippen molar-refractivity contribution in [1.29, 1.82) is 0 Å². The van der Waals surface area contributed by atoms with E-state index in [1.54, 1.807) is 19.4 Å². The smallest absolute Gasteiger partial charge is 0.408 e. The van der Waals surface area contributed by atoms with Gasteiger partial charge >= 0.3 is 6.09 Å². The molecule has 0 aliphatic carbocycles. The van der Waals surface area contributed by atoms with Crippen molar-refractivity contribution in [2.75, 3.05) is 25.5 Å².